The lowest BCUT2D eigenvalue weighted by molar-refractivity contribution is -0.0211. The minimum absolute atomic E-state index is 0.352. The van der Waals surface area contributed by atoms with Gasteiger partial charge in [-0.1, -0.05) is 30.7 Å². The maximum Gasteiger partial charge on any atom is 0.0674 e. The van der Waals surface area contributed by atoms with Crippen LogP contribution in [0, 0.1) is 13.8 Å². The molecule has 0 saturated carbocycles. The molecular weight excluding hydrogens is 260 g/mol. The number of aryl methyl sites for hydroxylation is 2. The Morgan fingerprint density at radius 2 is 2.19 bits per heavy atom. The highest BCUT2D eigenvalue weighted by Crippen LogP contribution is 2.21. The van der Waals surface area contributed by atoms with Gasteiger partial charge in [-0.05, 0) is 44.9 Å². The topological polar surface area (TPSA) is 24.5 Å². The lowest BCUT2D eigenvalue weighted by atomic mass is 9.98. The van der Waals surface area contributed by atoms with E-state index in [0.29, 0.717) is 12.1 Å². The van der Waals surface area contributed by atoms with Gasteiger partial charge in [0.25, 0.3) is 0 Å². The van der Waals surface area contributed by atoms with Gasteiger partial charge in [-0.15, -0.1) is 0 Å². The summed E-state index contributed by atoms with van der Waals surface area (Å²) in [5, 5.41) is 3.73. The molecular formula is C18H30N2O. The van der Waals surface area contributed by atoms with Crippen LogP contribution in [0.15, 0.2) is 18.2 Å². The minimum Gasteiger partial charge on any atom is -0.376 e. The van der Waals surface area contributed by atoms with Crippen LogP contribution >= 0.6 is 0 Å². The number of morpholine rings is 1. The Balaban J connectivity index is 2.09. The molecule has 1 fully saturated rings. The molecule has 1 aromatic rings. The molecule has 2 rings (SSSR count). The molecule has 2 atom stereocenters. The van der Waals surface area contributed by atoms with Gasteiger partial charge in [0.05, 0.1) is 12.7 Å². The molecule has 1 saturated heterocycles. The Morgan fingerprint density at radius 3 is 2.86 bits per heavy atom. The van der Waals surface area contributed by atoms with Crippen LogP contribution in [0.3, 0.4) is 0 Å². The van der Waals surface area contributed by atoms with Crippen LogP contribution in [0.5, 0.6) is 0 Å². The Bertz CT molecular complexity index is 447. The van der Waals surface area contributed by atoms with Crippen molar-refractivity contribution in [3.8, 4) is 0 Å². The maximum atomic E-state index is 5.65. The van der Waals surface area contributed by atoms with Gasteiger partial charge < -0.3 is 10.1 Å². The van der Waals surface area contributed by atoms with E-state index in [-0.39, 0.29) is 0 Å². The molecule has 1 N–H and O–H groups in total. The summed E-state index contributed by atoms with van der Waals surface area (Å²) in [7, 11) is 0. The van der Waals surface area contributed by atoms with Crippen molar-refractivity contribution >= 4 is 0 Å². The first-order chi connectivity index (χ1) is 10.1. The van der Waals surface area contributed by atoms with Crippen LogP contribution in [0.25, 0.3) is 0 Å². The predicted molar refractivity (Wildman–Crippen MR) is 88.8 cm³/mol. The summed E-state index contributed by atoms with van der Waals surface area (Å²) < 4.78 is 5.65. The first-order valence-corrected chi connectivity index (χ1v) is 8.24. The number of rotatable bonds is 6. The second kappa shape index (κ2) is 7.92. The highest BCUT2D eigenvalue weighted by Gasteiger charge is 2.21. The van der Waals surface area contributed by atoms with Crippen LogP contribution in [-0.4, -0.2) is 43.8 Å². The van der Waals surface area contributed by atoms with E-state index in [1.165, 1.54) is 23.1 Å². The molecule has 0 aromatic heterocycles. The standard InChI is InChI=1S/C18H30N2O/c1-5-8-19-18(13-20-9-10-21-16(4)12-20)17-7-6-14(2)11-15(17)3/h6-7,11,16,18-19H,5,8-10,12-13H2,1-4H3. The lowest BCUT2D eigenvalue weighted by Gasteiger charge is -2.34. The van der Waals surface area contributed by atoms with Crippen molar-refractivity contribution in [2.45, 2.75) is 46.3 Å². The van der Waals surface area contributed by atoms with E-state index in [0.717, 1.165) is 32.8 Å². The van der Waals surface area contributed by atoms with Crippen LogP contribution in [-0.2, 0) is 4.74 Å². The van der Waals surface area contributed by atoms with Gasteiger partial charge in [-0.3, -0.25) is 4.90 Å². The number of ether oxygens (including phenoxy) is 1. The summed E-state index contributed by atoms with van der Waals surface area (Å²) in [6.45, 7) is 13.8. The van der Waals surface area contributed by atoms with Gasteiger partial charge in [0, 0.05) is 25.7 Å². The largest absolute Gasteiger partial charge is 0.376 e. The lowest BCUT2D eigenvalue weighted by Crippen LogP contribution is -2.45. The summed E-state index contributed by atoms with van der Waals surface area (Å²) in [6, 6.07) is 7.22. The minimum atomic E-state index is 0.352. The Labute approximate surface area is 129 Å². The van der Waals surface area contributed by atoms with Gasteiger partial charge in [0.2, 0.25) is 0 Å². The third kappa shape index (κ3) is 4.80. The SMILES string of the molecule is CCCNC(CN1CCOC(C)C1)c1ccc(C)cc1C. The molecule has 3 nitrogen and oxygen atoms in total. The molecule has 21 heavy (non-hydrogen) atoms. The monoisotopic (exact) mass is 290 g/mol. The van der Waals surface area contributed by atoms with E-state index >= 15 is 0 Å². The highest BCUT2D eigenvalue weighted by molar-refractivity contribution is 5.33. The molecule has 0 radical (unpaired) electrons. The van der Waals surface area contributed by atoms with E-state index in [2.05, 4.69) is 56.1 Å². The molecule has 1 aromatic carbocycles. The Morgan fingerprint density at radius 1 is 1.38 bits per heavy atom. The summed E-state index contributed by atoms with van der Waals surface area (Å²) in [6.07, 6.45) is 1.52. The van der Waals surface area contributed by atoms with Crippen LogP contribution in [0.4, 0.5) is 0 Å². The Kier molecular flexibility index (Phi) is 6.22. The van der Waals surface area contributed by atoms with E-state index in [4.69, 9.17) is 4.74 Å². The normalized spacial score (nSPS) is 21.4. The number of hydrogen-bond acceptors (Lipinski definition) is 3. The van der Waals surface area contributed by atoms with Gasteiger partial charge >= 0.3 is 0 Å². The van der Waals surface area contributed by atoms with Crippen molar-refractivity contribution in [3.63, 3.8) is 0 Å². The molecule has 0 aliphatic carbocycles. The quantitative estimate of drug-likeness (QED) is 0.871. The molecule has 0 bridgehead atoms. The van der Waals surface area contributed by atoms with Crippen LogP contribution in [0.2, 0.25) is 0 Å². The molecule has 118 valence electrons. The zero-order valence-electron chi connectivity index (χ0n) is 14.0. The molecule has 3 heteroatoms. The summed E-state index contributed by atoms with van der Waals surface area (Å²) in [4.78, 5) is 2.53. The van der Waals surface area contributed by atoms with Crippen LogP contribution < -0.4 is 5.32 Å². The average molecular weight is 290 g/mol. The summed E-state index contributed by atoms with van der Waals surface area (Å²) in [5.41, 5.74) is 4.17. The third-order valence-electron chi connectivity index (χ3n) is 4.21. The second-order valence-electron chi connectivity index (χ2n) is 6.31. The fourth-order valence-electron chi connectivity index (χ4n) is 3.12. The van der Waals surface area contributed by atoms with Crippen molar-refractivity contribution in [1.82, 2.24) is 10.2 Å². The highest BCUT2D eigenvalue weighted by atomic mass is 16.5. The average Bonchev–Trinajstić information content (AvgIpc) is 2.44. The first kappa shape index (κ1) is 16.5. The summed E-state index contributed by atoms with van der Waals surface area (Å²) in [5.74, 6) is 0. The van der Waals surface area contributed by atoms with E-state index in [1.807, 2.05) is 0 Å². The van der Waals surface area contributed by atoms with Gasteiger partial charge in [0.1, 0.15) is 0 Å². The van der Waals surface area contributed by atoms with E-state index in [9.17, 15) is 0 Å². The summed E-state index contributed by atoms with van der Waals surface area (Å²) >= 11 is 0. The molecule has 0 amide bonds. The van der Waals surface area contributed by atoms with E-state index in [1.54, 1.807) is 0 Å². The fraction of sp³-hybridized carbons (Fsp3) is 0.667. The van der Waals surface area contributed by atoms with Crippen molar-refractivity contribution in [2.75, 3.05) is 32.8 Å². The fourth-order valence-corrected chi connectivity index (χ4v) is 3.12. The first-order valence-electron chi connectivity index (χ1n) is 8.24. The Hall–Kier alpha value is -0.900. The van der Waals surface area contributed by atoms with Crippen molar-refractivity contribution < 1.29 is 4.74 Å². The maximum absolute atomic E-state index is 5.65. The smallest absolute Gasteiger partial charge is 0.0674 e. The molecule has 1 heterocycles. The van der Waals surface area contributed by atoms with Gasteiger partial charge in [-0.2, -0.15) is 0 Å². The molecule has 1 aliphatic rings. The second-order valence-corrected chi connectivity index (χ2v) is 6.31. The predicted octanol–water partition coefficient (Wildman–Crippen LogP) is 3.06. The van der Waals surface area contributed by atoms with E-state index < -0.39 is 0 Å². The molecule has 2 unspecified atom stereocenters. The van der Waals surface area contributed by atoms with Gasteiger partial charge in [-0.25, -0.2) is 0 Å². The molecule has 1 aliphatic heterocycles. The van der Waals surface area contributed by atoms with Gasteiger partial charge in [0.15, 0.2) is 0 Å². The van der Waals surface area contributed by atoms with Crippen molar-refractivity contribution in [3.05, 3.63) is 34.9 Å². The van der Waals surface area contributed by atoms with Crippen LogP contribution in [0.1, 0.15) is 43.0 Å². The number of benzene rings is 1. The van der Waals surface area contributed by atoms with Crippen molar-refractivity contribution in [2.24, 2.45) is 0 Å². The zero-order valence-corrected chi connectivity index (χ0v) is 14.0. The van der Waals surface area contributed by atoms with Crippen molar-refractivity contribution in [1.29, 1.82) is 0 Å². The zero-order chi connectivity index (χ0) is 15.2. The number of nitrogens with one attached hydrogen (secondary N) is 1. The molecule has 0 spiro atoms. The number of nitrogens with zero attached hydrogens (tertiary/aromatic N) is 1. The third-order valence-corrected chi connectivity index (χ3v) is 4.21. The number of hydrogen-bond donors (Lipinski definition) is 1.